The Morgan fingerprint density at radius 1 is 1.00 bits per heavy atom. The van der Waals surface area contributed by atoms with Gasteiger partial charge in [-0.05, 0) is 0 Å². The van der Waals surface area contributed by atoms with E-state index in [2.05, 4.69) is 20.3 Å². The zero-order chi connectivity index (χ0) is 12.9. The van der Waals surface area contributed by atoms with E-state index < -0.39 is 0 Å². The van der Waals surface area contributed by atoms with Gasteiger partial charge in [0.15, 0.2) is 5.82 Å². The average molecular weight is 268 g/mol. The summed E-state index contributed by atoms with van der Waals surface area (Å²) < 4.78 is 0. The first-order valence-corrected chi connectivity index (χ1v) is 6.79. The fraction of sp³-hybridized carbons (Fsp3) is 0.0714. The van der Waals surface area contributed by atoms with Gasteiger partial charge in [-0.3, -0.25) is 0 Å². The van der Waals surface area contributed by atoms with Crippen molar-refractivity contribution in [2.75, 3.05) is 5.32 Å². The largest absolute Gasteiger partial charge is 0.376 e. The van der Waals surface area contributed by atoms with Crippen molar-refractivity contribution in [3.8, 4) is 11.4 Å². The van der Waals surface area contributed by atoms with Crippen molar-refractivity contribution in [3.63, 3.8) is 0 Å². The number of benzene rings is 1. The molecule has 1 N–H and O–H groups in total. The van der Waals surface area contributed by atoms with Gasteiger partial charge in [0.25, 0.3) is 0 Å². The Morgan fingerprint density at radius 2 is 1.79 bits per heavy atom. The summed E-state index contributed by atoms with van der Waals surface area (Å²) in [5.41, 5.74) is 1.92. The van der Waals surface area contributed by atoms with E-state index >= 15 is 0 Å². The Kier molecular flexibility index (Phi) is 3.47. The summed E-state index contributed by atoms with van der Waals surface area (Å²) in [6, 6.07) is 9.93. The second-order valence-electron chi connectivity index (χ2n) is 3.94. The van der Waals surface area contributed by atoms with Gasteiger partial charge in [0, 0.05) is 17.1 Å². The van der Waals surface area contributed by atoms with E-state index in [1.807, 2.05) is 35.7 Å². The zero-order valence-corrected chi connectivity index (χ0v) is 11.0. The van der Waals surface area contributed by atoms with Gasteiger partial charge in [-0.2, -0.15) is 0 Å². The summed E-state index contributed by atoms with van der Waals surface area (Å²) in [5.74, 6) is 0.736. The van der Waals surface area contributed by atoms with Gasteiger partial charge in [-0.15, -0.1) is 11.3 Å². The molecule has 0 aliphatic carbocycles. The van der Waals surface area contributed by atoms with Crippen LogP contribution in [-0.2, 0) is 6.54 Å². The zero-order valence-electron chi connectivity index (χ0n) is 10.2. The highest BCUT2D eigenvalue weighted by atomic mass is 32.1. The van der Waals surface area contributed by atoms with E-state index in [1.54, 1.807) is 29.9 Å². The van der Waals surface area contributed by atoms with Gasteiger partial charge in [-0.1, -0.05) is 30.3 Å². The lowest BCUT2D eigenvalue weighted by Crippen LogP contribution is -2.00. The van der Waals surface area contributed by atoms with Gasteiger partial charge in [0.05, 0.1) is 24.6 Å². The highest BCUT2D eigenvalue weighted by Gasteiger charge is 2.01. The Balaban J connectivity index is 1.69. The first-order chi connectivity index (χ1) is 9.42. The van der Waals surface area contributed by atoms with E-state index in [0.717, 1.165) is 22.1 Å². The van der Waals surface area contributed by atoms with Crippen LogP contribution >= 0.6 is 11.3 Å². The highest BCUT2D eigenvalue weighted by molar-refractivity contribution is 7.09. The molecule has 0 unspecified atom stereocenters. The van der Waals surface area contributed by atoms with Crippen LogP contribution in [0.3, 0.4) is 0 Å². The van der Waals surface area contributed by atoms with Crippen LogP contribution < -0.4 is 5.32 Å². The van der Waals surface area contributed by atoms with Gasteiger partial charge < -0.3 is 5.32 Å². The van der Waals surface area contributed by atoms with Gasteiger partial charge in [-0.25, -0.2) is 15.0 Å². The van der Waals surface area contributed by atoms with Crippen molar-refractivity contribution in [1.29, 1.82) is 0 Å². The summed E-state index contributed by atoms with van der Waals surface area (Å²) in [6.07, 6.45) is 5.39. The molecule has 0 saturated heterocycles. The van der Waals surface area contributed by atoms with Crippen molar-refractivity contribution in [2.24, 2.45) is 0 Å². The summed E-state index contributed by atoms with van der Waals surface area (Å²) in [6.45, 7) is 0.700. The lowest BCUT2D eigenvalue weighted by molar-refractivity contribution is 1.08. The van der Waals surface area contributed by atoms with Crippen molar-refractivity contribution in [3.05, 3.63) is 59.3 Å². The molecular formula is C14H12N4S. The standard InChI is InChI=1S/C14H12N4S/c1-2-4-11(5-3-1)14-17-8-12(9-18-14)16-10-13-15-6-7-19-13/h1-9,16H,10H2. The third kappa shape index (κ3) is 2.95. The van der Waals surface area contributed by atoms with Gasteiger partial charge >= 0.3 is 0 Å². The summed E-state index contributed by atoms with van der Waals surface area (Å²) in [7, 11) is 0. The minimum atomic E-state index is 0.700. The number of anilines is 1. The Morgan fingerprint density at radius 3 is 2.47 bits per heavy atom. The average Bonchev–Trinajstić information content (AvgIpc) is 3.00. The van der Waals surface area contributed by atoms with Crippen LogP contribution in [-0.4, -0.2) is 15.0 Å². The van der Waals surface area contributed by atoms with Crippen LogP contribution in [0.1, 0.15) is 5.01 Å². The number of thiazole rings is 1. The van der Waals surface area contributed by atoms with E-state index in [4.69, 9.17) is 0 Å². The first kappa shape index (κ1) is 11.8. The number of hydrogen-bond acceptors (Lipinski definition) is 5. The molecule has 1 aromatic carbocycles. The van der Waals surface area contributed by atoms with Crippen LogP contribution in [0.5, 0.6) is 0 Å². The first-order valence-electron chi connectivity index (χ1n) is 5.91. The normalized spacial score (nSPS) is 10.3. The van der Waals surface area contributed by atoms with Crippen LogP contribution in [0.15, 0.2) is 54.3 Å². The van der Waals surface area contributed by atoms with E-state index in [-0.39, 0.29) is 0 Å². The third-order valence-corrected chi connectivity index (χ3v) is 3.39. The number of nitrogens with zero attached hydrogens (tertiary/aromatic N) is 3. The Hall–Kier alpha value is -2.27. The molecule has 0 bridgehead atoms. The molecule has 3 rings (SSSR count). The number of rotatable bonds is 4. The minimum Gasteiger partial charge on any atom is -0.376 e. The molecule has 4 nitrogen and oxygen atoms in total. The summed E-state index contributed by atoms with van der Waals surface area (Å²) in [4.78, 5) is 12.9. The quantitative estimate of drug-likeness (QED) is 0.789. The van der Waals surface area contributed by atoms with E-state index in [1.165, 1.54) is 0 Å². The predicted molar refractivity (Wildman–Crippen MR) is 76.9 cm³/mol. The van der Waals surface area contributed by atoms with Crippen LogP contribution in [0, 0.1) is 0 Å². The molecule has 0 atom stereocenters. The van der Waals surface area contributed by atoms with E-state index in [9.17, 15) is 0 Å². The molecule has 0 amide bonds. The smallest absolute Gasteiger partial charge is 0.159 e. The van der Waals surface area contributed by atoms with E-state index in [0.29, 0.717) is 6.54 Å². The molecular weight excluding hydrogens is 256 g/mol. The highest BCUT2D eigenvalue weighted by Crippen LogP contribution is 2.15. The SMILES string of the molecule is c1ccc(-c2ncc(NCc3nccs3)cn2)cc1. The molecule has 0 aliphatic heterocycles. The maximum absolute atomic E-state index is 4.36. The van der Waals surface area contributed by atoms with Crippen LogP contribution in [0.2, 0.25) is 0 Å². The number of nitrogens with one attached hydrogen (secondary N) is 1. The maximum Gasteiger partial charge on any atom is 0.159 e. The molecule has 0 fully saturated rings. The lowest BCUT2D eigenvalue weighted by atomic mass is 10.2. The molecule has 2 aromatic heterocycles. The summed E-state index contributed by atoms with van der Waals surface area (Å²) >= 11 is 1.63. The van der Waals surface area contributed by atoms with Crippen LogP contribution in [0.25, 0.3) is 11.4 Å². The second kappa shape index (κ2) is 5.58. The number of hydrogen-bond donors (Lipinski definition) is 1. The van der Waals surface area contributed by atoms with Crippen molar-refractivity contribution in [2.45, 2.75) is 6.54 Å². The fourth-order valence-electron chi connectivity index (χ4n) is 1.67. The predicted octanol–water partition coefficient (Wildman–Crippen LogP) is 3.21. The molecule has 0 saturated carbocycles. The second-order valence-corrected chi connectivity index (χ2v) is 4.92. The molecule has 0 radical (unpaired) electrons. The maximum atomic E-state index is 4.36. The summed E-state index contributed by atoms with van der Waals surface area (Å²) in [5, 5.41) is 6.26. The molecule has 5 heteroatoms. The molecule has 3 aromatic rings. The van der Waals surface area contributed by atoms with Gasteiger partial charge in [0.1, 0.15) is 5.01 Å². The Labute approximate surface area is 115 Å². The van der Waals surface area contributed by atoms with Crippen LogP contribution in [0.4, 0.5) is 5.69 Å². The van der Waals surface area contributed by atoms with Gasteiger partial charge in [0.2, 0.25) is 0 Å². The lowest BCUT2D eigenvalue weighted by Gasteiger charge is -2.04. The molecule has 19 heavy (non-hydrogen) atoms. The number of aromatic nitrogens is 3. The van der Waals surface area contributed by atoms with Crippen molar-refractivity contribution in [1.82, 2.24) is 15.0 Å². The topological polar surface area (TPSA) is 50.7 Å². The monoisotopic (exact) mass is 268 g/mol. The minimum absolute atomic E-state index is 0.700. The van der Waals surface area contributed by atoms with Crippen molar-refractivity contribution < 1.29 is 0 Å². The molecule has 94 valence electrons. The molecule has 0 aliphatic rings. The Bertz CT molecular complexity index is 620. The van der Waals surface area contributed by atoms with Crippen molar-refractivity contribution >= 4 is 17.0 Å². The fourth-order valence-corrected chi connectivity index (χ4v) is 2.23. The molecule has 2 heterocycles. The third-order valence-electron chi connectivity index (χ3n) is 2.61. The molecule has 0 spiro atoms.